The van der Waals surface area contributed by atoms with Gasteiger partial charge >= 0.3 is 0 Å². The van der Waals surface area contributed by atoms with Crippen LogP contribution in [-0.4, -0.2) is 10.7 Å². The molecule has 0 saturated carbocycles. The molecule has 1 N–H and O–H groups in total. The first-order valence-corrected chi connectivity index (χ1v) is 7.52. The van der Waals surface area contributed by atoms with Crippen molar-refractivity contribution in [3.8, 4) is 0 Å². The first kappa shape index (κ1) is 13.5. The van der Waals surface area contributed by atoms with Crippen molar-refractivity contribution in [1.82, 2.24) is 4.98 Å². The van der Waals surface area contributed by atoms with E-state index in [1.807, 2.05) is 55.5 Å². The summed E-state index contributed by atoms with van der Waals surface area (Å²) in [6.45, 7) is 1.96. The summed E-state index contributed by atoms with van der Waals surface area (Å²) in [5.74, 6) is 0. The zero-order valence-corrected chi connectivity index (χ0v) is 12.5. The van der Waals surface area contributed by atoms with Crippen LogP contribution in [-0.2, 0) is 0 Å². The van der Waals surface area contributed by atoms with Crippen LogP contribution >= 0.6 is 11.3 Å². The molecule has 0 atom stereocenters. The smallest absolute Gasteiger partial charge is 0.204 e. The molecule has 3 nitrogen and oxygen atoms in total. The maximum absolute atomic E-state index is 4.48. The summed E-state index contributed by atoms with van der Waals surface area (Å²) in [6, 6.07) is 18.2. The van der Waals surface area contributed by atoms with Crippen molar-refractivity contribution in [1.29, 1.82) is 0 Å². The lowest BCUT2D eigenvalue weighted by atomic mass is 10.2. The fraction of sp³-hybridized carbons (Fsp3) is 0.0588. The molecule has 0 radical (unpaired) electrons. The van der Waals surface area contributed by atoms with E-state index in [9.17, 15) is 0 Å². The third-order valence-corrected chi connectivity index (χ3v) is 3.88. The fourth-order valence-electron chi connectivity index (χ4n) is 1.87. The number of rotatable bonds is 4. The van der Waals surface area contributed by atoms with Crippen molar-refractivity contribution in [3.05, 3.63) is 66.2 Å². The normalized spacial score (nSPS) is 12.1. The van der Waals surface area contributed by atoms with Gasteiger partial charge in [0, 0.05) is 0 Å². The second-order valence-corrected chi connectivity index (χ2v) is 5.63. The molecular formula is C17H15N3S. The Hall–Kier alpha value is -2.46. The van der Waals surface area contributed by atoms with Gasteiger partial charge in [0.2, 0.25) is 5.13 Å². The topological polar surface area (TPSA) is 37.3 Å². The highest BCUT2D eigenvalue weighted by Crippen LogP contribution is 2.25. The van der Waals surface area contributed by atoms with Gasteiger partial charge in [0.05, 0.1) is 15.9 Å². The van der Waals surface area contributed by atoms with Crippen LogP contribution in [0.1, 0.15) is 12.5 Å². The van der Waals surface area contributed by atoms with E-state index in [1.165, 1.54) is 0 Å². The van der Waals surface area contributed by atoms with Crippen LogP contribution in [0.2, 0.25) is 0 Å². The van der Waals surface area contributed by atoms with Crippen LogP contribution in [0.25, 0.3) is 16.3 Å². The summed E-state index contributed by atoms with van der Waals surface area (Å²) in [7, 11) is 0. The number of para-hydroxylation sites is 1. The molecule has 1 aromatic heterocycles. The Labute approximate surface area is 127 Å². The molecule has 0 aliphatic rings. The van der Waals surface area contributed by atoms with Crippen LogP contribution in [0, 0.1) is 0 Å². The molecule has 4 heteroatoms. The highest BCUT2D eigenvalue weighted by Gasteiger charge is 2.00. The number of nitrogens with zero attached hydrogens (tertiary/aromatic N) is 2. The summed E-state index contributed by atoms with van der Waals surface area (Å²) < 4.78 is 1.16. The Morgan fingerprint density at radius 1 is 1.10 bits per heavy atom. The number of allylic oxidation sites excluding steroid dienone is 1. The summed E-state index contributed by atoms with van der Waals surface area (Å²) in [4.78, 5) is 4.48. The molecule has 0 aliphatic carbocycles. The molecule has 0 amide bonds. The van der Waals surface area contributed by atoms with Gasteiger partial charge in [-0.15, -0.1) is 0 Å². The number of thiazole rings is 1. The highest BCUT2D eigenvalue weighted by molar-refractivity contribution is 7.22. The molecule has 104 valence electrons. The molecule has 0 spiro atoms. The largest absolute Gasteiger partial charge is 0.252 e. The van der Waals surface area contributed by atoms with Crippen molar-refractivity contribution in [2.24, 2.45) is 5.10 Å². The maximum atomic E-state index is 4.48. The van der Waals surface area contributed by atoms with E-state index in [4.69, 9.17) is 0 Å². The van der Waals surface area contributed by atoms with E-state index in [2.05, 4.69) is 33.7 Å². The van der Waals surface area contributed by atoms with Crippen molar-refractivity contribution in [3.63, 3.8) is 0 Å². The third kappa shape index (κ3) is 3.55. The number of hydrazone groups is 1. The first-order chi connectivity index (χ1) is 10.3. The number of benzene rings is 2. The van der Waals surface area contributed by atoms with E-state index in [0.29, 0.717) is 0 Å². The number of fused-ring (bicyclic) bond motifs is 1. The van der Waals surface area contributed by atoms with Gasteiger partial charge < -0.3 is 0 Å². The molecule has 0 aliphatic heterocycles. The molecule has 2 aromatic carbocycles. The molecular weight excluding hydrogens is 278 g/mol. The van der Waals surface area contributed by atoms with Gasteiger partial charge in [-0.1, -0.05) is 59.9 Å². The number of nitrogens with one attached hydrogen (secondary N) is 1. The zero-order chi connectivity index (χ0) is 14.5. The molecule has 1 heterocycles. The lowest BCUT2D eigenvalue weighted by molar-refractivity contribution is 1.30. The minimum atomic E-state index is 0.809. The number of aromatic nitrogens is 1. The molecule has 0 bridgehead atoms. The molecule has 0 unspecified atom stereocenters. The lowest BCUT2D eigenvalue weighted by Gasteiger charge is -1.95. The van der Waals surface area contributed by atoms with Gasteiger partial charge in [-0.25, -0.2) is 4.98 Å². The zero-order valence-electron chi connectivity index (χ0n) is 11.7. The summed E-state index contributed by atoms with van der Waals surface area (Å²) in [5, 5.41) is 5.14. The van der Waals surface area contributed by atoms with Crippen LogP contribution in [0.4, 0.5) is 5.13 Å². The summed E-state index contributed by atoms with van der Waals surface area (Å²) in [6.07, 6.45) is 4.02. The predicted molar refractivity (Wildman–Crippen MR) is 91.8 cm³/mol. The Kier molecular flexibility index (Phi) is 4.07. The van der Waals surface area contributed by atoms with Crippen molar-refractivity contribution in [2.75, 3.05) is 5.43 Å². The molecule has 0 fully saturated rings. The molecule has 0 saturated heterocycles. The van der Waals surface area contributed by atoms with E-state index >= 15 is 0 Å². The monoisotopic (exact) mass is 293 g/mol. The lowest BCUT2D eigenvalue weighted by Crippen LogP contribution is -1.93. The van der Waals surface area contributed by atoms with Gasteiger partial charge in [0.15, 0.2) is 0 Å². The second kappa shape index (κ2) is 6.33. The van der Waals surface area contributed by atoms with Crippen molar-refractivity contribution >= 4 is 38.5 Å². The van der Waals surface area contributed by atoms with Crippen LogP contribution < -0.4 is 5.43 Å². The van der Waals surface area contributed by atoms with Crippen LogP contribution in [0.15, 0.2) is 65.8 Å². The summed E-state index contributed by atoms with van der Waals surface area (Å²) >= 11 is 1.60. The molecule has 3 aromatic rings. The van der Waals surface area contributed by atoms with E-state index in [1.54, 1.807) is 11.3 Å². The standard InChI is InChI=1S/C17H15N3S/c1-13(11-12-14-7-3-2-4-8-14)19-20-17-18-15-9-5-6-10-16(15)21-17/h2-12H,1H3,(H,18,20)/b12-11+,19-13+. The third-order valence-electron chi connectivity index (χ3n) is 2.94. The van der Waals surface area contributed by atoms with E-state index in [0.717, 1.165) is 26.6 Å². The highest BCUT2D eigenvalue weighted by atomic mass is 32.1. The van der Waals surface area contributed by atoms with E-state index < -0.39 is 0 Å². The van der Waals surface area contributed by atoms with Crippen molar-refractivity contribution in [2.45, 2.75) is 6.92 Å². The van der Waals surface area contributed by atoms with Crippen molar-refractivity contribution < 1.29 is 0 Å². The second-order valence-electron chi connectivity index (χ2n) is 4.60. The van der Waals surface area contributed by atoms with Crippen LogP contribution in [0.5, 0.6) is 0 Å². The minimum Gasteiger partial charge on any atom is -0.252 e. The number of hydrogen-bond donors (Lipinski definition) is 1. The van der Waals surface area contributed by atoms with Gasteiger partial charge in [0.1, 0.15) is 0 Å². The number of hydrogen-bond acceptors (Lipinski definition) is 4. The molecule has 21 heavy (non-hydrogen) atoms. The average molecular weight is 293 g/mol. The Balaban J connectivity index is 1.69. The molecule has 3 rings (SSSR count). The Morgan fingerprint density at radius 2 is 1.86 bits per heavy atom. The van der Waals surface area contributed by atoms with Gasteiger partial charge in [-0.3, -0.25) is 5.43 Å². The maximum Gasteiger partial charge on any atom is 0.204 e. The predicted octanol–water partition coefficient (Wildman–Crippen LogP) is 4.80. The minimum absolute atomic E-state index is 0.809. The number of anilines is 1. The van der Waals surface area contributed by atoms with Gasteiger partial charge in [-0.05, 0) is 30.7 Å². The fourth-order valence-corrected chi connectivity index (χ4v) is 2.68. The SMILES string of the molecule is CC(/C=C/c1ccccc1)=N\Nc1nc2ccccc2s1. The van der Waals surface area contributed by atoms with Gasteiger partial charge in [0.25, 0.3) is 0 Å². The summed E-state index contributed by atoms with van der Waals surface area (Å²) in [5.41, 5.74) is 6.07. The van der Waals surface area contributed by atoms with E-state index in [-0.39, 0.29) is 0 Å². The average Bonchev–Trinajstić information content (AvgIpc) is 2.95. The van der Waals surface area contributed by atoms with Gasteiger partial charge in [-0.2, -0.15) is 5.10 Å². The Morgan fingerprint density at radius 3 is 2.67 bits per heavy atom. The Bertz CT molecular complexity index is 755. The van der Waals surface area contributed by atoms with Crippen LogP contribution in [0.3, 0.4) is 0 Å². The first-order valence-electron chi connectivity index (χ1n) is 6.70. The quantitative estimate of drug-likeness (QED) is 0.554.